The van der Waals surface area contributed by atoms with Crippen molar-refractivity contribution in [3.8, 4) is 11.5 Å². The van der Waals surface area contributed by atoms with Gasteiger partial charge in [0.05, 0.1) is 12.2 Å². The number of hydrogen-bond acceptors (Lipinski definition) is 3. The second kappa shape index (κ2) is 9.00. The average molecular weight is 442 g/mol. The zero-order chi connectivity index (χ0) is 21.1. The fourth-order valence-electron chi connectivity index (χ4n) is 3.66. The average Bonchev–Trinajstić information content (AvgIpc) is 2.76. The van der Waals surface area contributed by atoms with Crippen molar-refractivity contribution in [3.63, 3.8) is 0 Å². The maximum Gasteiger partial charge on any atom is 0.186 e. The van der Waals surface area contributed by atoms with E-state index < -0.39 is 0 Å². The third-order valence-corrected chi connectivity index (χ3v) is 5.56. The molecule has 0 aliphatic carbocycles. The number of ether oxygens (including phenoxy) is 1. The van der Waals surface area contributed by atoms with Gasteiger partial charge in [-0.1, -0.05) is 35.3 Å². The van der Waals surface area contributed by atoms with Crippen LogP contribution in [0.2, 0.25) is 10.0 Å². The fourth-order valence-corrected chi connectivity index (χ4v) is 4.04. The molecule has 1 aliphatic rings. The molecule has 1 heterocycles. The largest absolute Gasteiger partial charge is 0.507 e. The zero-order valence-electron chi connectivity index (χ0n) is 16.5. The predicted octanol–water partition coefficient (Wildman–Crippen LogP) is 5.05. The number of nitrogens with two attached hydrogens (primary N) is 1. The van der Waals surface area contributed by atoms with E-state index in [-0.39, 0.29) is 18.0 Å². The molecule has 0 radical (unpaired) electrons. The Morgan fingerprint density at radius 3 is 2.50 bits per heavy atom. The van der Waals surface area contributed by atoms with Gasteiger partial charge in [-0.05, 0) is 67.1 Å². The molecule has 3 aromatic rings. The van der Waals surface area contributed by atoms with Gasteiger partial charge >= 0.3 is 0 Å². The minimum atomic E-state index is -0.129. The Labute approximate surface area is 186 Å². The van der Waals surface area contributed by atoms with E-state index in [4.69, 9.17) is 27.9 Å². The van der Waals surface area contributed by atoms with Crippen LogP contribution in [-0.2, 0) is 0 Å². The minimum Gasteiger partial charge on any atom is -0.507 e. The molecule has 1 aliphatic heterocycles. The van der Waals surface area contributed by atoms with Crippen molar-refractivity contribution in [1.82, 2.24) is 5.32 Å². The summed E-state index contributed by atoms with van der Waals surface area (Å²) in [5, 5.41) is 17.5. The Morgan fingerprint density at radius 2 is 1.77 bits per heavy atom. The molecule has 6 heteroatoms. The SMILES string of the molecule is CCOc1ccc(C2=CC(c3cc(Cl)ccc3O)[NH2+]C(c3cccc(Cl)c3)N2)cc1. The summed E-state index contributed by atoms with van der Waals surface area (Å²) in [4.78, 5) is 0. The summed E-state index contributed by atoms with van der Waals surface area (Å²) >= 11 is 12.5. The van der Waals surface area contributed by atoms with Crippen LogP contribution in [-0.4, -0.2) is 11.7 Å². The molecule has 0 bridgehead atoms. The van der Waals surface area contributed by atoms with Gasteiger partial charge in [0.15, 0.2) is 6.17 Å². The van der Waals surface area contributed by atoms with Gasteiger partial charge in [0.25, 0.3) is 0 Å². The molecule has 0 saturated carbocycles. The van der Waals surface area contributed by atoms with Crippen molar-refractivity contribution in [2.45, 2.75) is 19.1 Å². The smallest absolute Gasteiger partial charge is 0.186 e. The minimum absolute atomic E-state index is 0.0846. The first kappa shape index (κ1) is 20.6. The van der Waals surface area contributed by atoms with Crippen LogP contribution in [0.15, 0.2) is 72.8 Å². The lowest BCUT2D eigenvalue weighted by molar-refractivity contribution is -0.731. The van der Waals surface area contributed by atoms with Gasteiger partial charge in [0, 0.05) is 27.4 Å². The molecule has 3 aromatic carbocycles. The van der Waals surface area contributed by atoms with Crippen LogP contribution in [0.5, 0.6) is 11.5 Å². The van der Waals surface area contributed by atoms with Crippen LogP contribution in [0.3, 0.4) is 0 Å². The van der Waals surface area contributed by atoms with Gasteiger partial charge in [0.2, 0.25) is 0 Å². The summed E-state index contributed by atoms with van der Waals surface area (Å²) in [7, 11) is 0. The molecule has 0 saturated heterocycles. The first-order chi connectivity index (χ1) is 14.5. The highest BCUT2D eigenvalue weighted by molar-refractivity contribution is 6.31. The number of quaternary nitrogens is 1. The van der Waals surface area contributed by atoms with Crippen LogP contribution in [0, 0.1) is 0 Å². The Balaban J connectivity index is 1.74. The Bertz CT molecular complexity index is 1070. The summed E-state index contributed by atoms with van der Waals surface area (Å²) in [5.74, 6) is 1.05. The van der Waals surface area contributed by atoms with E-state index in [1.54, 1.807) is 12.1 Å². The molecule has 4 rings (SSSR count). The molecule has 0 fully saturated rings. The standard InChI is InChI=1S/C24H22Cl2N2O2/c1-2-30-19-9-6-15(7-10-19)21-14-22(20-13-18(26)8-11-23(20)29)28-24(27-21)16-4-3-5-17(25)12-16/h3-14,22,24,27-29H,2H2,1H3/p+1. The number of rotatable bonds is 5. The Hall–Kier alpha value is -2.66. The van der Waals surface area contributed by atoms with Gasteiger partial charge in [-0.25, -0.2) is 0 Å². The third-order valence-electron chi connectivity index (χ3n) is 5.09. The molecule has 0 spiro atoms. The van der Waals surface area contributed by atoms with Gasteiger partial charge in [-0.2, -0.15) is 0 Å². The van der Waals surface area contributed by atoms with Gasteiger partial charge in [-0.3, -0.25) is 0 Å². The number of phenolic OH excluding ortho intramolecular Hbond substituents is 1. The number of nitrogens with one attached hydrogen (secondary N) is 1. The topological polar surface area (TPSA) is 58.1 Å². The van der Waals surface area contributed by atoms with Crippen molar-refractivity contribution >= 4 is 28.9 Å². The predicted molar refractivity (Wildman–Crippen MR) is 121 cm³/mol. The van der Waals surface area contributed by atoms with Crippen molar-refractivity contribution in [2.24, 2.45) is 0 Å². The highest BCUT2D eigenvalue weighted by Gasteiger charge is 2.29. The third kappa shape index (κ3) is 4.57. The van der Waals surface area contributed by atoms with Crippen molar-refractivity contribution < 1.29 is 15.2 Å². The van der Waals surface area contributed by atoms with E-state index in [9.17, 15) is 5.11 Å². The number of benzene rings is 3. The Kier molecular flexibility index (Phi) is 6.18. The summed E-state index contributed by atoms with van der Waals surface area (Å²) in [6.45, 7) is 2.59. The summed E-state index contributed by atoms with van der Waals surface area (Å²) < 4.78 is 5.56. The molecule has 4 nitrogen and oxygen atoms in total. The van der Waals surface area contributed by atoms with Crippen molar-refractivity contribution in [3.05, 3.63) is 99.5 Å². The zero-order valence-corrected chi connectivity index (χ0v) is 18.0. The van der Waals surface area contributed by atoms with Crippen LogP contribution in [0.25, 0.3) is 5.70 Å². The van der Waals surface area contributed by atoms with E-state index in [2.05, 4.69) is 16.7 Å². The van der Waals surface area contributed by atoms with E-state index >= 15 is 0 Å². The summed E-state index contributed by atoms with van der Waals surface area (Å²) in [6, 6.07) is 20.8. The normalized spacial score (nSPS) is 18.4. The molecule has 2 atom stereocenters. The second-order valence-corrected chi connectivity index (χ2v) is 8.01. The molecule has 2 unspecified atom stereocenters. The van der Waals surface area contributed by atoms with Gasteiger partial charge in [-0.15, -0.1) is 0 Å². The van der Waals surface area contributed by atoms with E-state index in [1.807, 2.05) is 61.5 Å². The lowest BCUT2D eigenvalue weighted by Gasteiger charge is -2.30. The van der Waals surface area contributed by atoms with Crippen LogP contribution < -0.4 is 15.4 Å². The van der Waals surface area contributed by atoms with Crippen LogP contribution >= 0.6 is 23.2 Å². The maximum atomic E-state index is 10.5. The lowest BCUT2D eigenvalue weighted by Crippen LogP contribution is -2.89. The molecular formula is C24H23Cl2N2O2+. The first-order valence-corrected chi connectivity index (χ1v) is 10.6. The molecule has 0 aromatic heterocycles. The van der Waals surface area contributed by atoms with Gasteiger partial charge < -0.3 is 20.5 Å². The van der Waals surface area contributed by atoms with E-state index in [1.165, 1.54) is 0 Å². The van der Waals surface area contributed by atoms with Crippen molar-refractivity contribution in [2.75, 3.05) is 6.61 Å². The fraction of sp³-hybridized carbons (Fsp3) is 0.167. The quantitative estimate of drug-likeness (QED) is 0.519. The Morgan fingerprint density at radius 1 is 1.00 bits per heavy atom. The van der Waals surface area contributed by atoms with Crippen molar-refractivity contribution in [1.29, 1.82) is 0 Å². The number of halogens is 2. The molecular weight excluding hydrogens is 419 g/mol. The van der Waals surface area contributed by atoms with Gasteiger partial charge in [0.1, 0.15) is 17.5 Å². The van der Waals surface area contributed by atoms with E-state index in [0.717, 1.165) is 28.1 Å². The van der Waals surface area contributed by atoms with Crippen LogP contribution in [0.1, 0.15) is 35.8 Å². The second-order valence-electron chi connectivity index (χ2n) is 7.14. The molecule has 0 amide bonds. The summed E-state index contributed by atoms with van der Waals surface area (Å²) in [5.41, 5.74) is 3.81. The lowest BCUT2D eigenvalue weighted by atomic mass is 9.98. The number of aromatic hydroxyl groups is 1. The highest BCUT2D eigenvalue weighted by Crippen LogP contribution is 2.31. The molecule has 154 valence electrons. The highest BCUT2D eigenvalue weighted by atomic mass is 35.5. The first-order valence-electron chi connectivity index (χ1n) is 9.84. The monoisotopic (exact) mass is 441 g/mol. The number of hydrogen-bond donors (Lipinski definition) is 3. The van der Waals surface area contributed by atoms with E-state index in [0.29, 0.717) is 16.7 Å². The summed E-state index contributed by atoms with van der Waals surface area (Å²) in [6.07, 6.45) is 2.01. The number of phenols is 1. The molecule has 4 N–H and O–H groups in total. The van der Waals surface area contributed by atoms with Crippen LogP contribution in [0.4, 0.5) is 0 Å². The maximum absolute atomic E-state index is 10.5. The molecule has 30 heavy (non-hydrogen) atoms.